The van der Waals surface area contributed by atoms with Crippen LogP contribution >= 0.6 is 11.6 Å². The summed E-state index contributed by atoms with van der Waals surface area (Å²) < 4.78 is 61.1. The van der Waals surface area contributed by atoms with Crippen LogP contribution in [0.15, 0.2) is 23.1 Å². The first-order valence-electron chi connectivity index (χ1n) is 6.06. The van der Waals surface area contributed by atoms with E-state index in [1.807, 2.05) is 0 Å². The van der Waals surface area contributed by atoms with E-state index in [1.54, 1.807) is 5.32 Å². The van der Waals surface area contributed by atoms with Crippen LogP contribution in [0.4, 0.5) is 18.9 Å². The second-order valence-corrected chi connectivity index (χ2v) is 7.22. The summed E-state index contributed by atoms with van der Waals surface area (Å²) in [4.78, 5) is 11.3. The first-order chi connectivity index (χ1) is 10.3. The van der Waals surface area contributed by atoms with Crippen LogP contribution in [0.25, 0.3) is 0 Å². The van der Waals surface area contributed by atoms with E-state index in [-0.39, 0.29) is 22.5 Å². The van der Waals surface area contributed by atoms with E-state index in [9.17, 15) is 31.5 Å². The van der Waals surface area contributed by atoms with Gasteiger partial charge in [0, 0.05) is 0 Å². The van der Waals surface area contributed by atoms with Crippen molar-refractivity contribution in [2.24, 2.45) is 0 Å². The van der Waals surface area contributed by atoms with E-state index in [2.05, 4.69) is 0 Å². The van der Waals surface area contributed by atoms with Gasteiger partial charge in [-0.3, -0.25) is 4.79 Å². The second-order valence-electron chi connectivity index (χ2n) is 4.71. The predicted molar refractivity (Wildman–Crippen MR) is 75.9 cm³/mol. The normalized spacial score (nSPS) is 15.1. The maximum atomic E-state index is 12.5. The molecule has 0 spiro atoms. The van der Waals surface area contributed by atoms with Crippen molar-refractivity contribution in [1.82, 2.24) is 0 Å². The number of sulfone groups is 1. The minimum atomic E-state index is -5.20. The summed E-state index contributed by atoms with van der Waals surface area (Å²) in [7, 11) is -3.81. The van der Waals surface area contributed by atoms with Crippen LogP contribution < -0.4 is 5.32 Å². The molecule has 0 aliphatic carbocycles. The molecule has 1 atom stereocenters. The molecule has 23 heavy (non-hydrogen) atoms. The highest BCUT2D eigenvalue weighted by Gasteiger charge is 2.55. The molecular formula is C12H13ClF3NO5S. The van der Waals surface area contributed by atoms with Crippen LogP contribution in [0.3, 0.4) is 0 Å². The molecule has 130 valence electrons. The molecule has 1 unspecified atom stereocenters. The molecule has 0 aliphatic rings. The monoisotopic (exact) mass is 375 g/mol. The number of rotatable bonds is 5. The summed E-state index contributed by atoms with van der Waals surface area (Å²) in [5, 5.41) is 19.3. The Morgan fingerprint density at radius 1 is 1.35 bits per heavy atom. The third kappa shape index (κ3) is 4.34. The van der Waals surface area contributed by atoms with Gasteiger partial charge in [0.1, 0.15) is 0 Å². The zero-order valence-electron chi connectivity index (χ0n) is 11.7. The van der Waals surface area contributed by atoms with E-state index < -0.39 is 39.9 Å². The molecule has 3 N–H and O–H groups in total. The SMILES string of the molecule is CC(O)(C(=O)Nc1ccc(S(=O)(=O)CCO)cc1Cl)C(F)(F)F. The minimum absolute atomic E-state index is 0.267. The van der Waals surface area contributed by atoms with Crippen LogP contribution in [0.2, 0.25) is 5.02 Å². The van der Waals surface area contributed by atoms with Crippen molar-refractivity contribution in [3.05, 3.63) is 23.2 Å². The van der Waals surface area contributed by atoms with Gasteiger partial charge in [0.05, 0.1) is 28.0 Å². The van der Waals surface area contributed by atoms with Crippen molar-refractivity contribution in [1.29, 1.82) is 0 Å². The van der Waals surface area contributed by atoms with Gasteiger partial charge in [-0.25, -0.2) is 8.42 Å². The Bertz CT molecular complexity index is 703. The van der Waals surface area contributed by atoms with Gasteiger partial charge in [0.2, 0.25) is 5.60 Å². The Kier molecular flexibility index (Phi) is 5.68. The maximum Gasteiger partial charge on any atom is 0.426 e. The van der Waals surface area contributed by atoms with E-state index in [0.29, 0.717) is 0 Å². The topological polar surface area (TPSA) is 104 Å². The molecule has 0 radical (unpaired) electrons. The van der Waals surface area contributed by atoms with Gasteiger partial charge >= 0.3 is 6.18 Å². The van der Waals surface area contributed by atoms with E-state index >= 15 is 0 Å². The number of halogens is 4. The Labute approximate surface area is 134 Å². The van der Waals surface area contributed by atoms with Gasteiger partial charge in [0.25, 0.3) is 5.91 Å². The summed E-state index contributed by atoms with van der Waals surface area (Å²) in [5.41, 5.74) is -3.94. The molecule has 0 saturated heterocycles. The third-order valence-electron chi connectivity index (χ3n) is 2.90. The second kappa shape index (κ2) is 6.63. The van der Waals surface area contributed by atoms with Gasteiger partial charge < -0.3 is 15.5 Å². The third-order valence-corrected chi connectivity index (χ3v) is 4.91. The van der Waals surface area contributed by atoms with Crippen LogP contribution in [-0.2, 0) is 14.6 Å². The number of aliphatic hydroxyl groups excluding tert-OH is 1. The smallest absolute Gasteiger partial charge is 0.395 e. The Morgan fingerprint density at radius 2 is 1.91 bits per heavy atom. The van der Waals surface area contributed by atoms with Gasteiger partial charge in [-0.05, 0) is 25.1 Å². The fraction of sp³-hybridized carbons (Fsp3) is 0.417. The minimum Gasteiger partial charge on any atom is -0.395 e. The molecule has 1 aromatic rings. The first kappa shape index (κ1) is 19.7. The molecule has 1 aromatic carbocycles. The van der Waals surface area contributed by atoms with Gasteiger partial charge in [-0.2, -0.15) is 13.2 Å². The average Bonchev–Trinajstić information content (AvgIpc) is 2.39. The molecule has 0 saturated carbocycles. The lowest BCUT2D eigenvalue weighted by Gasteiger charge is -2.25. The number of hydrogen-bond acceptors (Lipinski definition) is 5. The highest BCUT2D eigenvalue weighted by molar-refractivity contribution is 7.91. The molecule has 0 aromatic heterocycles. The van der Waals surface area contributed by atoms with Crippen molar-refractivity contribution in [3.8, 4) is 0 Å². The number of carbonyl (C=O) groups excluding carboxylic acids is 1. The fourth-order valence-electron chi connectivity index (χ4n) is 1.40. The van der Waals surface area contributed by atoms with Crippen LogP contribution in [0, 0.1) is 0 Å². The molecule has 1 rings (SSSR count). The molecule has 1 amide bonds. The lowest BCUT2D eigenvalue weighted by atomic mass is 10.1. The number of aliphatic hydroxyl groups is 2. The summed E-state index contributed by atoms with van der Waals surface area (Å²) >= 11 is 5.74. The molecule has 0 aliphatic heterocycles. The molecule has 0 bridgehead atoms. The summed E-state index contributed by atoms with van der Waals surface area (Å²) in [5.74, 6) is -2.32. The van der Waals surface area contributed by atoms with Crippen molar-refractivity contribution in [2.45, 2.75) is 23.6 Å². The van der Waals surface area contributed by atoms with E-state index in [4.69, 9.17) is 16.7 Å². The number of nitrogens with one attached hydrogen (secondary N) is 1. The fourth-order valence-corrected chi connectivity index (χ4v) is 2.74. The number of benzene rings is 1. The highest BCUT2D eigenvalue weighted by atomic mass is 35.5. The van der Waals surface area contributed by atoms with E-state index in [0.717, 1.165) is 18.2 Å². The maximum absolute atomic E-state index is 12.5. The Morgan fingerprint density at radius 3 is 2.35 bits per heavy atom. The average molecular weight is 376 g/mol. The van der Waals surface area contributed by atoms with Crippen molar-refractivity contribution >= 4 is 33.0 Å². The summed E-state index contributed by atoms with van der Waals surface area (Å²) in [6.07, 6.45) is -5.20. The quantitative estimate of drug-likeness (QED) is 0.721. The van der Waals surface area contributed by atoms with Crippen molar-refractivity contribution in [2.75, 3.05) is 17.7 Å². The lowest BCUT2D eigenvalue weighted by Crippen LogP contribution is -2.52. The van der Waals surface area contributed by atoms with Gasteiger partial charge in [0.15, 0.2) is 9.84 Å². The highest BCUT2D eigenvalue weighted by Crippen LogP contribution is 2.32. The largest absolute Gasteiger partial charge is 0.426 e. The van der Waals surface area contributed by atoms with Crippen molar-refractivity contribution < 1.29 is 36.6 Å². The van der Waals surface area contributed by atoms with Gasteiger partial charge in [-0.1, -0.05) is 11.6 Å². The predicted octanol–water partition coefficient (Wildman–Crippen LogP) is 1.36. The molecule has 0 fully saturated rings. The summed E-state index contributed by atoms with van der Waals surface area (Å²) in [6, 6.07) is 2.91. The number of hydrogen-bond donors (Lipinski definition) is 3. The molecule has 6 nitrogen and oxygen atoms in total. The van der Waals surface area contributed by atoms with Crippen molar-refractivity contribution in [3.63, 3.8) is 0 Å². The Hall–Kier alpha value is -1.36. The van der Waals surface area contributed by atoms with Crippen LogP contribution in [-0.4, -0.2) is 48.7 Å². The standard InChI is InChI=1S/C12H13ClF3NO5S/c1-11(20,12(14,15)16)10(19)17-9-3-2-7(6-8(9)13)23(21,22)5-4-18/h2-3,6,18,20H,4-5H2,1H3,(H,17,19). The first-order valence-corrected chi connectivity index (χ1v) is 8.09. The lowest BCUT2D eigenvalue weighted by molar-refractivity contribution is -0.242. The van der Waals surface area contributed by atoms with Crippen LogP contribution in [0.5, 0.6) is 0 Å². The number of anilines is 1. The van der Waals surface area contributed by atoms with E-state index in [1.165, 1.54) is 0 Å². The van der Waals surface area contributed by atoms with Gasteiger partial charge in [-0.15, -0.1) is 0 Å². The zero-order chi connectivity index (χ0) is 18.1. The zero-order valence-corrected chi connectivity index (χ0v) is 13.3. The molecule has 0 heterocycles. The molecule has 11 heteroatoms. The number of amides is 1. The van der Waals surface area contributed by atoms with Crippen LogP contribution in [0.1, 0.15) is 6.92 Å². The summed E-state index contributed by atoms with van der Waals surface area (Å²) in [6.45, 7) is -0.344. The number of alkyl halides is 3. The number of carbonyl (C=O) groups is 1. The molecular weight excluding hydrogens is 363 g/mol. The Balaban J connectivity index is 3.08.